The van der Waals surface area contributed by atoms with Crippen LogP contribution >= 0.6 is 0 Å². The van der Waals surface area contributed by atoms with Gasteiger partial charge in [-0.1, -0.05) is 0 Å². The van der Waals surface area contributed by atoms with Crippen LogP contribution in [0.15, 0.2) is 12.1 Å². The molecule has 0 amide bonds. The molecule has 0 spiro atoms. The van der Waals surface area contributed by atoms with Crippen molar-refractivity contribution in [2.45, 2.75) is 13.8 Å². The molecule has 4 rings (SSSR count). The number of rotatable bonds is 3. The number of fused-ring (bicyclic) bond motifs is 2. The van der Waals surface area contributed by atoms with Gasteiger partial charge in [-0.2, -0.15) is 4.39 Å². The third-order valence-electron chi connectivity index (χ3n) is 5.21. The van der Waals surface area contributed by atoms with Gasteiger partial charge in [-0.3, -0.25) is 0 Å². The molecule has 4 nitrogen and oxygen atoms in total. The lowest BCUT2D eigenvalue weighted by Crippen LogP contribution is -2.10. The monoisotopic (exact) mass is 456 g/mol. The highest BCUT2D eigenvalue weighted by Gasteiger charge is 2.36. The molecule has 0 saturated heterocycles. The standard InChI is InChI=1S/C22H14F6O4/c1-7-8(2)16(24)17(25)13(15(7)23)14-18(26)20(28)22-21(19(14)27)31-11-5-9(29-3)10(30-4)6-12(11)32-22/h5-6H,1-4H3. The second-order valence-electron chi connectivity index (χ2n) is 6.90. The van der Waals surface area contributed by atoms with Crippen LogP contribution in [0.4, 0.5) is 26.3 Å². The maximum Gasteiger partial charge on any atom is 0.211 e. The van der Waals surface area contributed by atoms with E-state index in [-0.39, 0.29) is 23.0 Å². The van der Waals surface area contributed by atoms with E-state index in [0.29, 0.717) is 0 Å². The lowest BCUT2D eigenvalue weighted by molar-refractivity contribution is 0.307. The average molecular weight is 456 g/mol. The molecule has 1 aliphatic rings. The maximum absolute atomic E-state index is 15.3. The van der Waals surface area contributed by atoms with Gasteiger partial charge in [0.05, 0.1) is 25.3 Å². The number of benzene rings is 3. The molecule has 0 aromatic heterocycles. The van der Waals surface area contributed by atoms with Crippen LogP contribution in [0.5, 0.6) is 34.5 Å². The molecule has 1 heterocycles. The van der Waals surface area contributed by atoms with Crippen molar-refractivity contribution in [2.75, 3.05) is 14.2 Å². The zero-order valence-electron chi connectivity index (χ0n) is 17.1. The van der Waals surface area contributed by atoms with Gasteiger partial charge in [0.15, 0.2) is 46.3 Å². The zero-order valence-corrected chi connectivity index (χ0v) is 17.1. The van der Waals surface area contributed by atoms with Gasteiger partial charge in [-0.05, 0) is 25.0 Å². The summed E-state index contributed by atoms with van der Waals surface area (Å²) in [6.45, 7) is 2.19. The van der Waals surface area contributed by atoms with E-state index >= 15 is 4.39 Å². The van der Waals surface area contributed by atoms with Gasteiger partial charge in [-0.25, -0.2) is 22.0 Å². The Hall–Kier alpha value is -3.56. The van der Waals surface area contributed by atoms with Crippen molar-refractivity contribution < 1.29 is 45.3 Å². The Morgan fingerprint density at radius 2 is 0.969 bits per heavy atom. The van der Waals surface area contributed by atoms with Gasteiger partial charge in [0, 0.05) is 12.1 Å². The van der Waals surface area contributed by atoms with Crippen molar-refractivity contribution in [3.63, 3.8) is 0 Å². The summed E-state index contributed by atoms with van der Waals surface area (Å²) in [4.78, 5) is 0. The van der Waals surface area contributed by atoms with Crippen molar-refractivity contribution in [3.8, 4) is 45.6 Å². The summed E-state index contributed by atoms with van der Waals surface area (Å²) < 4.78 is 109. The minimum absolute atomic E-state index is 0.148. The van der Waals surface area contributed by atoms with E-state index in [0.717, 1.165) is 13.8 Å². The van der Waals surface area contributed by atoms with E-state index in [1.807, 2.05) is 0 Å². The van der Waals surface area contributed by atoms with E-state index < -0.39 is 68.7 Å². The fraction of sp³-hybridized carbons (Fsp3) is 0.182. The Morgan fingerprint density at radius 1 is 0.562 bits per heavy atom. The maximum atomic E-state index is 15.3. The van der Waals surface area contributed by atoms with E-state index in [1.165, 1.54) is 26.4 Å². The average Bonchev–Trinajstić information content (AvgIpc) is 2.80. The number of hydrogen-bond acceptors (Lipinski definition) is 4. The predicted molar refractivity (Wildman–Crippen MR) is 101 cm³/mol. The van der Waals surface area contributed by atoms with Crippen LogP contribution in [0.2, 0.25) is 0 Å². The Bertz CT molecular complexity index is 1260. The third kappa shape index (κ3) is 2.93. The van der Waals surface area contributed by atoms with Crippen LogP contribution in [0.25, 0.3) is 11.1 Å². The fourth-order valence-electron chi connectivity index (χ4n) is 3.35. The van der Waals surface area contributed by atoms with Crippen molar-refractivity contribution in [2.24, 2.45) is 0 Å². The molecule has 0 aliphatic carbocycles. The summed E-state index contributed by atoms with van der Waals surface area (Å²) in [5.41, 5.74) is -3.65. The highest BCUT2D eigenvalue weighted by molar-refractivity contribution is 5.73. The van der Waals surface area contributed by atoms with Crippen molar-refractivity contribution in [1.82, 2.24) is 0 Å². The molecule has 0 atom stereocenters. The lowest BCUT2D eigenvalue weighted by Gasteiger charge is -2.24. The van der Waals surface area contributed by atoms with Gasteiger partial charge in [-0.15, -0.1) is 0 Å². The van der Waals surface area contributed by atoms with Crippen LogP contribution in [-0.4, -0.2) is 14.2 Å². The summed E-state index contributed by atoms with van der Waals surface area (Å²) in [5.74, 6) is -12.3. The Labute approximate surface area is 177 Å². The van der Waals surface area contributed by atoms with Crippen LogP contribution in [0.1, 0.15) is 11.1 Å². The van der Waals surface area contributed by atoms with Crippen LogP contribution in [0.3, 0.4) is 0 Å². The quantitative estimate of drug-likeness (QED) is 0.253. The second-order valence-corrected chi connectivity index (χ2v) is 6.90. The molecule has 1 aliphatic heterocycles. The van der Waals surface area contributed by atoms with Crippen LogP contribution in [0, 0.1) is 48.8 Å². The first-order valence-corrected chi connectivity index (χ1v) is 9.08. The highest BCUT2D eigenvalue weighted by atomic mass is 19.2. The molecule has 3 aromatic rings. The molecule has 0 N–H and O–H groups in total. The number of ether oxygens (including phenoxy) is 4. The number of hydrogen-bond donors (Lipinski definition) is 0. The molecule has 0 bridgehead atoms. The summed E-state index contributed by atoms with van der Waals surface area (Å²) in [6, 6.07) is 2.46. The van der Waals surface area contributed by atoms with Crippen LogP contribution in [-0.2, 0) is 0 Å². The molecular weight excluding hydrogens is 442 g/mol. The van der Waals surface area contributed by atoms with E-state index in [9.17, 15) is 22.0 Å². The van der Waals surface area contributed by atoms with Gasteiger partial charge >= 0.3 is 0 Å². The first kappa shape index (κ1) is 21.7. The van der Waals surface area contributed by atoms with E-state index in [2.05, 4.69) is 0 Å². The van der Waals surface area contributed by atoms with Gasteiger partial charge < -0.3 is 18.9 Å². The molecule has 0 unspecified atom stereocenters. The molecule has 0 fully saturated rings. The second kappa shape index (κ2) is 7.54. The minimum atomic E-state index is -1.98. The summed E-state index contributed by atoms with van der Waals surface area (Å²) in [7, 11) is 2.63. The van der Waals surface area contributed by atoms with Crippen LogP contribution < -0.4 is 18.9 Å². The molecule has 3 aromatic carbocycles. The van der Waals surface area contributed by atoms with Gasteiger partial charge in [0.2, 0.25) is 17.3 Å². The zero-order chi connectivity index (χ0) is 23.5. The molecular formula is C22H14F6O4. The normalized spacial score (nSPS) is 11.9. The summed E-state index contributed by atoms with van der Waals surface area (Å²) in [6.07, 6.45) is 0. The smallest absolute Gasteiger partial charge is 0.211 e. The molecule has 32 heavy (non-hydrogen) atoms. The molecule has 168 valence electrons. The molecule has 0 saturated carbocycles. The number of halogens is 6. The largest absolute Gasteiger partial charge is 0.493 e. The lowest BCUT2D eigenvalue weighted by atomic mass is 9.96. The molecule has 10 heteroatoms. The van der Waals surface area contributed by atoms with E-state index in [4.69, 9.17) is 18.9 Å². The Balaban J connectivity index is 1.98. The Kier molecular flexibility index (Phi) is 5.10. The first-order valence-electron chi connectivity index (χ1n) is 9.08. The highest BCUT2D eigenvalue weighted by Crippen LogP contribution is 2.53. The van der Waals surface area contributed by atoms with Gasteiger partial charge in [0.1, 0.15) is 5.82 Å². The van der Waals surface area contributed by atoms with Crippen molar-refractivity contribution in [3.05, 3.63) is 58.2 Å². The number of methoxy groups -OCH3 is 2. The fourth-order valence-corrected chi connectivity index (χ4v) is 3.35. The van der Waals surface area contributed by atoms with Crippen molar-refractivity contribution in [1.29, 1.82) is 0 Å². The SMILES string of the molecule is COc1cc2c(cc1OC)Oc1c(F)c(-c3c(F)c(C)c(C)c(F)c3F)c(F)c(F)c1O2. The Morgan fingerprint density at radius 3 is 1.47 bits per heavy atom. The summed E-state index contributed by atoms with van der Waals surface area (Å²) in [5, 5.41) is 0. The topological polar surface area (TPSA) is 36.9 Å². The third-order valence-corrected chi connectivity index (χ3v) is 5.21. The molecule has 0 radical (unpaired) electrons. The van der Waals surface area contributed by atoms with Gasteiger partial charge in [0.25, 0.3) is 0 Å². The first-order chi connectivity index (χ1) is 15.1. The van der Waals surface area contributed by atoms with Crippen molar-refractivity contribution >= 4 is 0 Å². The predicted octanol–water partition coefficient (Wildman–Crippen LogP) is 6.72. The van der Waals surface area contributed by atoms with E-state index in [1.54, 1.807) is 0 Å². The minimum Gasteiger partial charge on any atom is -0.493 e. The summed E-state index contributed by atoms with van der Waals surface area (Å²) >= 11 is 0.